The fourth-order valence-corrected chi connectivity index (χ4v) is 3.72. The van der Waals surface area contributed by atoms with Gasteiger partial charge in [0, 0.05) is 25.7 Å². The number of piperidine rings is 1. The topological polar surface area (TPSA) is 61.6 Å². The van der Waals surface area contributed by atoms with Crippen molar-refractivity contribution in [3.05, 3.63) is 0 Å². The van der Waals surface area contributed by atoms with Gasteiger partial charge in [-0.1, -0.05) is 13.8 Å². The molecule has 0 aromatic heterocycles. The molecule has 2 aliphatic heterocycles. The summed E-state index contributed by atoms with van der Waals surface area (Å²) in [5.74, 6) is -0.163. The number of nitrogens with one attached hydrogen (secondary N) is 1. The van der Waals surface area contributed by atoms with Crippen LogP contribution in [0.4, 0.5) is 0 Å². The fourth-order valence-electron chi connectivity index (χ4n) is 3.72. The molecule has 3 N–H and O–H groups in total. The molecule has 0 spiro atoms. The van der Waals surface area contributed by atoms with Gasteiger partial charge in [0.2, 0.25) is 5.91 Å². The van der Waals surface area contributed by atoms with Gasteiger partial charge in [-0.15, -0.1) is 0 Å². The predicted molar refractivity (Wildman–Crippen MR) is 81.5 cm³/mol. The summed E-state index contributed by atoms with van der Waals surface area (Å²) in [6, 6.07) is 0.553. The zero-order valence-corrected chi connectivity index (χ0v) is 13.0. The van der Waals surface area contributed by atoms with Gasteiger partial charge in [-0.2, -0.15) is 0 Å². The van der Waals surface area contributed by atoms with E-state index in [4.69, 9.17) is 5.73 Å². The number of carbonyl (C=O) groups excluding carboxylic acids is 1. The van der Waals surface area contributed by atoms with E-state index in [1.807, 2.05) is 0 Å². The predicted octanol–water partition coefficient (Wildman–Crippen LogP) is 0.400. The number of fused-ring (bicyclic) bond motifs is 1. The lowest BCUT2D eigenvalue weighted by Crippen LogP contribution is -2.63. The van der Waals surface area contributed by atoms with Crippen LogP contribution >= 0.6 is 0 Å². The highest BCUT2D eigenvalue weighted by atomic mass is 16.1. The van der Waals surface area contributed by atoms with Crippen molar-refractivity contribution in [3.63, 3.8) is 0 Å². The first-order chi connectivity index (χ1) is 9.61. The number of nitrogens with zero attached hydrogens (tertiary/aromatic N) is 2. The molecule has 2 rings (SSSR count). The van der Waals surface area contributed by atoms with Crippen molar-refractivity contribution in [1.82, 2.24) is 15.1 Å². The van der Waals surface area contributed by atoms with Gasteiger partial charge in [0.05, 0.1) is 0 Å². The van der Waals surface area contributed by atoms with Crippen molar-refractivity contribution in [2.75, 3.05) is 39.3 Å². The average Bonchev–Trinajstić information content (AvgIpc) is 2.90. The molecular weight excluding hydrogens is 252 g/mol. The van der Waals surface area contributed by atoms with Crippen molar-refractivity contribution < 1.29 is 4.79 Å². The molecule has 116 valence electrons. The Kier molecular flexibility index (Phi) is 5.41. The molecule has 5 nitrogen and oxygen atoms in total. The maximum absolute atomic E-state index is 12.0. The third kappa shape index (κ3) is 3.32. The Morgan fingerprint density at radius 2 is 2.15 bits per heavy atom. The lowest BCUT2D eigenvalue weighted by molar-refractivity contribution is -0.127. The van der Waals surface area contributed by atoms with Gasteiger partial charge in [-0.3, -0.25) is 4.79 Å². The third-order valence-corrected chi connectivity index (χ3v) is 5.17. The summed E-state index contributed by atoms with van der Waals surface area (Å²) in [5.41, 5.74) is 5.26. The summed E-state index contributed by atoms with van der Waals surface area (Å²) in [4.78, 5) is 16.9. The van der Waals surface area contributed by atoms with E-state index in [1.165, 1.54) is 19.4 Å². The number of hydrogen-bond acceptors (Lipinski definition) is 4. The second kappa shape index (κ2) is 6.87. The molecule has 1 amide bonds. The van der Waals surface area contributed by atoms with Crippen molar-refractivity contribution in [3.8, 4) is 0 Å². The highest BCUT2D eigenvalue weighted by Gasteiger charge is 2.44. The van der Waals surface area contributed by atoms with Crippen LogP contribution in [0.15, 0.2) is 0 Å². The van der Waals surface area contributed by atoms with Gasteiger partial charge in [0.25, 0.3) is 0 Å². The van der Waals surface area contributed by atoms with E-state index >= 15 is 0 Å². The van der Waals surface area contributed by atoms with Gasteiger partial charge in [-0.25, -0.2) is 0 Å². The largest absolute Gasteiger partial charge is 0.368 e. The second-order valence-corrected chi connectivity index (χ2v) is 6.19. The van der Waals surface area contributed by atoms with E-state index < -0.39 is 5.54 Å². The minimum atomic E-state index is -0.474. The molecule has 2 saturated heterocycles. The number of hydrogen-bond donors (Lipinski definition) is 2. The molecule has 0 radical (unpaired) electrons. The summed E-state index contributed by atoms with van der Waals surface area (Å²) in [6.45, 7) is 10.5. The normalized spacial score (nSPS) is 30.6. The Morgan fingerprint density at radius 1 is 1.40 bits per heavy atom. The molecule has 0 aromatic carbocycles. The van der Waals surface area contributed by atoms with Crippen molar-refractivity contribution in [2.24, 2.45) is 5.73 Å². The van der Waals surface area contributed by atoms with Crippen molar-refractivity contribution >= 4 is 5.91 Å². The van der Waals surface area contributed by atoms with Crippen LogP contribution in [-0.2, 0) is 4.79 Å². The molecule has 2 atom stereocenters. The summed E-state index contributed by atoms with van der Waals surface area (Å²) >= 11 is 0. The van der Waals surface area contributed by atoms with Crippen LogP contribution in [-0.4, -0.2) is 66.6 Å². The van der Waals surface area contributed by atoms with Crippen LogP contribution in [0.25, 0.3) is 0 Å². The minimum Gasteiger partial charge on any atom is -0.368 e. The molecule has 0 aromatic rings. The molecule has 2 unspecified atom stereocenters. The van der Waals surface area contributed by atoms with Gasteiger partial charge < -0.3 is 20.9 Å². The number of rotatable bonds is 7. The highest BCUT2D eigenvalue weighted by Crippen LogP contribution is 2.32. The molecular formula is C15H30N4O. The van der Waals surface area contributed by atoms with E-state index in [0.717, 1.165) is 45.6 Å². The number of likely N-dealkylation sites (N-methyl/N-ethyl adjacent to an activating group) is 1. The zero-order valence-electron chi connectivity index (χ0n) is 13.0. The molecule has 0 bridgehead atoms. The smallest absolute Gasteiger partial charge is 0.237 e. The minimum absolute atomic E-state index is 0.163. The number of amides is 1. The van der Waals surface area contributed by atoms with Gasteiger partial charge >= 0.3 is 0 Å². The lowest BCUT2D eigenvalue weighted by atomic mass is 9.82. The highest BCUT2D eigenvalue weighted by molar-refractivity contribution is 5.85. The fraction of sp³-hybridized carbons (Fsp3) is 0.933. The Bertz CT molecular complexity index is 332. The standard InChI is InChI=1S/C15H30N4O/c1-3-18(4-2)11-8-17-15(14(16)20)7-10-19-9-5-6-13(19)12-15/h13,17H,3-12H2,1-2H3,(H2,16,20). The summed E-state index contributed by atoms with van der Waals surface area (Å²) in [5, 5.41) is 3.50. The van der Waals surface area contributed by atoms with Gasteiger partial charge in [0.1, 0.15) is 5.54 Å². The van der Waals surface area contributed by atoms with E-state index in [2.05, 4.69) is 29.0 Å². The first-order valence-electron chi connectivity index (χ1n) is 8.12. The summed E-state index contributed by atoms with van der Waals surface area (Å²) in [6.07, 6.45) is 4.23. The Labute approximate surface area is 122 Å². The van der Waals surface area contributed by atoms with Gasteiger partial charge in [-0.05, 0) is 45.3 Å². The molecule has 2 aliphatic rings. The summed E-state index contributed by atoms with van der Waals surface area (Å²) in [7, 11) is 0. The number of primary amides is 1. The number of carbonyl (C=O) groups is 1. The maximum Gasteiger partial charge on any atom is 0.237 e. The maximum atomic E-state index is 12.0. The molecule has 20 heavy (non-hydrogen) atoms. The van der Waals surface area contributed by atoms with Crippen LogP contribution in [0.2, 0.25) is 0 Å². The van der Waals surface area contributed by atoms with E-state index in [9.17, 15) is 4.79 Å². The second-order valence-electron chi connectivity index (χ2n) is 6.19. The van der Waals surface area contributed by atoms with Crippen LogP contribution < -0.4 is 11.1 Å². The van der Waals surface area contributed by atoms with Crippen LogP contribution in [0.3, 0.4) is 0 Å². The van der Waals surface area contributed by atoms with Crippen molar-refractivity contribution in [2.45, 2.75) is 51.1 Å². The van der Waals surface area contributed by atoms with E-state index in [1.54, 1.807) is 0 Å². The Morgan fingerprint density at radius 3 is 2.80 bits per heavy atom. The van der Waals surface area contributed by atoms with Gasteiger partial charge in [0.15, 0.2) is 0 Å². The molecule has 2 heterocycles. The first-order valence-corrected chi connectivity index (χ1v) is 8.12. The van der Waals surface area contributed by atoms with Crippen LogP contribution in [0.5, 0.6) is 0 Å². The summed E-state index contributed by atoms with van der Waals surface area (Å²) < 4.78 is 0. The SMILES string of the molecule is CCN(CC)CCNC1(C(N)=O)CCN2CCCC2C1. The first kappa shape index (κ1) is 15.7. The monoisotopic (exact) mass is 282 g/mol. The molecule has 0 saturated carbocycles. The lowest BCUT2D eigenvalue weighted by Gasteiger charge is -2.43. The molecule has 2 fully saturated rings. The van der Waals surface area contributed by atoms with E-state index in [-0.39, 0.29) is 5.91 Å². The van der Waals surface area contributed by atoms with E-state index in [0.29, 0.717) is 6.04 Å². The Hall–Kier alpha value is -0.650. The molecule has 5 heteroatoms. The van der Waals surface area contributed by atoms with Crippen LogP contribution in [0, 0.1) is 0 Å². The number of nitrogens with two attached hydrogens (primary N) is 1. The van der Waals surface area contributed by atoms with Crippen LogP contribution in [0.1, 0.15) is 39.5 Å². The molecule has 0 aliphatic carbocycles. The Balaban J connectivity index is 1.91. The average molecular weight is 282 g/mol. The van der Waals surface area contributed by atoms with Crippen molar-refractivity contribution in [1.29, 1.82) is 0 Å². The third-order valence-electron chi connectivity index (χ3n) is 5.17. The quantitative estimate of drug-likeness (QED) is 0.709. The zero-order chi connectivity index (χ0) is 14.6.